The van der Waals surface area contributed by atoms with Gasteiger partial charge in [-0.1, -0.05) is 43.7 Å². The summed E-state index contributed by atoms with van der Waals surface area (Å²) in [5, 5.41) is 2.88. The van der Waals surface area contributed by atoms with Gasteiger partial charge in [0.1, 0.15) is 0 Å². The standard InChI is InChI=1S/C21H26N2O5S/c1-4-8-19(16-9-6-5-7-10-16)22-20(24)15-28-21(25)17-11-13-18(14-12-17)29(26,27)23(2)3/h5-7,9-14,19H,4,8,15H2,1-3H3,(H,22,24)/t19-/m1/s1. The number of rotatable bonds is 9. The van der Waals surface area contributed by atoms with Crippen molar-refractivity contribution in [2.24, 2.45) is 0 Å². The second-order valence-electron chi connectivity index (χ2n) is 6.71. The van der Waals surface area contributed by atoms with Crippen molar-refractivity contribution in [3.05, 3.63) is 65.7 Å². The largest absolute Gasteiger partial charge is 0.452 e. The lowest BCUT2D eigenvalue weighted by atomic mass is 10.0. The molecule has 0 aliphatic carbocycles. The third kappa shape index (κ3) is 6.13. The minimum Gasteiger partial charge on any atom is -0.452 e. The fraction of sp³-hybridized carbons (Fsp3) is 0.333. The number of nitrogens with zero attached hydrogens (tertiary/aromatic N) is 1. The summed E-state index contributed by atoms with van der Waals surface area (Å²) in [5.74, 6) is -1.09. The van der Waals surface area contributed by atoms with Crippen LogP contribution >= 0.6 is 0 Å². The normalized spacial score (nSPS) is 12.4. The average molecular weight is 419 g/mol. The van der Waals surface area contributed by atoms with E-state index in [2.05, 4.69) is 5.32 Å². The van der Waals surface area contributed by atoms with E-state index in [0.717, 1.165) is 22.7 Å². The summed E-state index contributed by atoms with van der Waals surface area (Å²) in [6.07, 6.45) is 1.66. The maximum absolute atomic E-state index is 12.2. The van der Waals surface area contributed by atoms with Crippen molar-refractivity contribution in [1.82, 2.24) is 9.62 Å². The van der Waals surface area contributed by atoms with E-state index in [0.29, 0.717) is 0 Å². The van der Waals surface area contributed by atoms with Crippen LogP contribution in [-0.4, -0.2) is 45.3 Å². The Labute approximate surface area is 171 Å². The first-order chi connectivity index (χ1) is 13.8. The fourth-order valence-electron chi connectivity index (χ4n) is 2.72. The molecule has 0 radical (unpaired) electrons. The molecule has 2 rings (SSSR count). The molecular formula is C21H26N2O5S. The van der Waals surface area contributed by atoms with Crippen LogP contribution in [-0.2, 0) is 19.6 Å². The van der Waals surface area contributed by atoms with E-state index in [1.807, 2.05) is 37.3 Å². The molecule has 8 heteroatoms. The van der Waals surface area contributed by atoms with Gasteiger partial charge in [0.25, 0.3) is 5.91 Å². The van der Waals surface area contributed by atoms with Crippen molar-refractivity contribution in [3.63, 3.8) is 0 Å². The number of carbonyl (C=O) groups excluding carboxylic acids is 2. The molecule has 0 heterocycles. The molecule has 0 spiro atoms. The van der Waals surface area contributed by atoms with E-state index in [4.69, 9.17) is 4.74 Å². The van der Waals surface area contributed by atoms with Crippen LogP contribution in [0.4, 0.5) is 0 Å². The Hall–Kier alpha value is -2.71. The molecule has 1 atom stereocenters. The van der Waals surface area contributed by atoms with Gasteiger partial charge in [-0.15, -0.1) is 0 Å². The molecule has 0 aromatic heterocycles. The molecule has 0 aliphatic rings. The Morgan fingerprint density at radius 1 is 1.03 bits per heavy atom. The molecule has 2 aromatic rings. The SMILES string of the molecule is CCC[C@@H](NC(=O)COC(=O)c1ccc(S(=O)(=O)N(C)C)cc1)c1ccccc1. The lowest BCUT2D eigenvalue weighted by molar-refractivity contribution is -0.125. The van der Waals surface area contributed by atoms with E-state index in [1.165, 1.54) is 38.4 Å². The minimum atomic E-state index is -3.57. The maximum atomic E-state index is 12.2. The molecule has 0 fully saturated rings. The van der Waals surface area contributed by atoms with Crippen LogP contribution in [0.2, 0.25) is 0 Å². The molecule has 0 aliphatic heterocycles. The summed E-state index contributed by atoms with van der Waals surface area (Å²) < 4.78 is 30.3. The Morgan fingerprint density at radius 2 is 1.66 bits per heavy atom. The van der Waals surface area contributed by atoms with Crippen LogP contribution in [0, 0.1) is 0 Å². The number of benzene rings is 2. The molecule has 2 aromatic carbocycles. The second kappa shape index (κ2) is 10.2. The highest BCUT2D eigenvalue weighted by atomic mass is 32.2. The lowest BCUT2D eigenvalue weighted by Crippen LogP contribution is -2.32. The number of hydrogen-bond acceptors (Lipinski definition) is 5. The molecule has 7 nitrogen and oxygen atoms in total. The number of esters is 1. The van der Waals surface area contributed by atoms with Crippen molar-refractivity contribution in [3.8, 4) is 0 Å². The summed E-state index contributed by atoms with van der Waals surface area (Å²) in [6.45, 7) is 1.62. The fourth-order valence-corrected chi connectivity index (χ4v) is 3.62. The van der Waals surface area contributed by atoms with Gasteiger partial charge in [0.05, 0.1) is 16.5 Å². The third-order valence-electron chi connectivity index (χ3n) is 4.32. The Kier molecular flexibility index (Phi) is 7.92. The Bertz CT molecular complexity index is 925. The van der Waals surface area contributed by atoms with Gasteiger partial charge in [0, 0.05) is 14.1 Å². The number of sulfonamides is 1. The molecule has 0 unspecified atom stereocenters. The van der Waals surface area contributed by atoms with Gasteiger partial charge in [-0.3, -0.25) is 4.79 Å². The Morgan fingerprint density at radius 3 is 2.21 bits per heavy atom. The van der Waals surface area contributed by atoms with E-state index in [9.17, 15) is 18.0 Å². The van der Waals surface area contributed by atoms with Crippen LogP contribution in [0.5, 0.6) is 0 Å². The maximum Gasteiger partial charge on any atom is 0.338 e. The van der Waals surface area contributed by atoms with Crippen molar-refractivity contribution in [2.45, 2.75) is 30.7 Å². The first-order valence-electron chi connectivity index (χ1n) is 9.29. The van der Waals surface area contributed by atoms with Gasteiger partial charge in [-0.05, 0) is 36.2 Å². The van der Waals surface area contributed by atoms with Gasteiger partial charge in [0.2, 0.25) is 10.0 Å². The second-order valence-corrected chi connectivity index (χ2v) is 8.86. The van der Waals surface area contributed by atoms with Crippen molar-refractivity contribution in [2.75, 3.05) is 20.7 Å². The van der Waals surface area contributed by atoms with Gasteiger partial charge in [0.15, 0.2) is 6.61 Å². The summed E-state index contributed by atoms with van der Waals surface area (Å²) >= 11 is 0. The number of carbonyl (C=O) groups is 2. The van der Waals surface area contributed by atoms with Crippen molar-refractivity contribution in [1.29, 1.82) is 0 Å². The molecule has 29 heavy (non-hydrogen) atoms. The minimum absolute atomic E-state index is 0.0714. The topological polar surface area (TPSA) is 92.8 Å². The van der Waals surface area contributed by atoms with Gasteiger partial charge in [-0.2, -0.15) is 0 Å². The number of nitrogens with one attached hydrogen (secondary N) is 1. The van der Waals surface area contributed by atoms with E-state index < -0.39 is 28.5 Å². The number of amides is 1. The Balaban J connectivity index is 1.95. The smallest absolute Gasteiger partial charge is 0.338 e. The average Bonchev–Trinajstić information content (AvgIpc) is 2.72. The van der Waals surface area contributed by atoms with Gasteiger partial charge in [-0.25, -0.2) is 17.5 Å². The van der Waals surface area contributed by atoms with Crippen LogP contribution in [0.1, 0.15) is 41.7 Å². The predicted octanol–water partition coefficient (Wildman–Crippen LogP) is 2.75. The van der Waals surface area contributed by atoms with Crippen molar-refractivity contribution >= 4 is 21.9 Å². The van der Waals surface area contributed by atoms with E-state index in [-0.39, 0.29) is 16.5 Å². The third-order valence-corrected chi connectivity index (χ3v) is 6.15. The van der Waals surface area contributed by atoms with Crippen LogP contribution < -0.4 is 5.32 Å². The summed E-state index contributed by atoms with van der Waals surface area (Å²) in [6, 6.07) is 14.8. The van der Waals surface area contributed by atoms with E-state index in [1.54, 1.807) is 0 Å². The first-order valence-corrected chi connectivity index (χ1v) is 10.7. The molecule has 1 amide bonds. The summed E-state index contributed by atoms with van der Waals surface area (Å²) in [5.41, 5.74) is 1.16. The zero-order chi connectivity index (χ0) is 21.4. The van der Waals surface area contributed by atoms with Gasteiger partial charge >= 0.3 is 5.97 Å². The van der Waals surface area contributed by atoms with E-state index >= 15 is 0 Å². The quantitative estimate of drug-likeness (QED) is 0.632. The van der Waals surface area contributed by atoms with Gasteiger partial charge < -0.3 is 10.1 Å². The summed E-state index contributed by atoms with van der Waals surface area (Å²) in [4.78, 5) is 24.5. The number of ether oxygens (including phenoxy) is 1. The molecule has 0 bridgehead atoms. The van der Waals surface area contributed by atoms with Crippen LogP contribution in [0.25, 0.3) is 0 Å². The monoisotopic (exact) mass is 418 g/mol. The van der Waals surface area contributed by atoms with Crippen LogP contribution in [0.3, 0.4) is 0 Å². The highest BCUT2D eigenvalue weighted by Crippen LogP contribution is 2.18. The highest BCUT2D eigenvalue weighted by Gasteiger charge is 2.19. The predicted molar refractivity (Wildman–Crippen MR) is 110 cm³/mol. The lowest BCUT2D eigenvalue weighted by Gasteiger charge is -2.18. The first kappa shape index (κ1) is 22.6. The molecule has 0 saturated carbocycles. The molecular weight excluding hydrogens is 392 g/mol. The molecule has 0 saturated heterocycles. The van der Waals surface area contributed by atoms with Crippen LogP contribution in [0.15, 0.2) is 59.5 Å². The molecule has 156 valence electrons. The highest BCUT2D eigenvalue weighted by molar-refractivity contribution is 7.89. The molecule has 1 N–H and O–H groups in total. The zero-order valence-corrected chi connectivity index (χ0v) is 17.6. The summed E-state index contributed by atoms with van der Waals surface area (Å²) in [7, 11) is -0.717. The number of hydrogen-bond donors (Lipinski definition) is 1. The van der Waals surface area contributed by atoms with Crippen molar-refractivity contribution < 1.29 is 22.7 Å². The zero-order valence-electron chi connectivity index (χ0n) is 16.8.